The van der Waals surface area contributed by atoms with E-state index in [1.165, 1.54) is 30.5 Å². The van der Waals surface area contributed by atoms with Gasteiger partial charge >= 0.3 is 5.97 Å². The van der Waals surface area contributed by atoms with Gasteiger partial charge in [0.25, 0.3) is 15.9 Å². The van der Waals surface area contributed by atoms with Crippen molar-refractivity contribution in [2.24, 2.45) is 0 Å². The van der Waals surface area contributed by atoms with E-state index in [-0.39, 0.29) is 33.3 Å². The molecule has 0 aliphatic rings. The molecule has 0 radical (unpaired) electrons. The molecule has 1 heterocycles. The monoisotopic (exact) mass is 448 g/mol. The summed E-state index contributed by atoms with van der Waals surface area (Å²) in [5.74, 6) is -0.705. The van der Waals surface area contributed by atoms with Crippen molar-refractivity contribution < 1.29 is 27.2 Å². The molecule has 3 rings (SSSR count). The molecule has 156 valence electrons. The molecule has 1 amide bonds. The van der Waals surface area contributed by atoms with Gasteiger partial charge < -0.3 is 14.5 Å². The topological polar surface area (TPSA) is 115 Å². The van der Waals surface area contributed by atoms with Crippen LogP contribution in [0.4, 0.5) is 5.69 Å². The highest BCUT2D eigenvalue weighted by Crippen LogP contribution is 2.24. The van der Waals surface area contributed by atoms with E-state index in [9.17, 15) is 18.0 Å². The maximum atomic E-state index is 12.8. The number of benzene rings is 2. The van der Waals surface area contributed by atoms with Gasteiger partial charge in [-0.3, -0.25) is 9.52 Å². The summed E-state index contributed by atoms with van der Waals surface area (Å²) in [5, 5.41) is 2.71. The minimum Gasteiger partial charge on any atom is -0.467 e. The predicted octanol–water partition coefficient (Wildman–Crippen LogP) is 3.45. The first-order valence-electron chi connectivity index (χ1n) is 8.62. The lowest BCUT2D eigenvalue weighted by Gasteiger charge is -2.13. The molecule has 2 N–H and O–H groups in total. The van der Waals surface area contributed by atoms with Crippen LogP contribution in [0.3, 0.4) is 0 Å². The summed E-state index contributed by atoms with van der Waals surface area (Å²) in [5.41, 5.74) is 0.102. The van der Waals surface area contributed by atoms with Crippen molar-refractivity contribution in [2.75, 3.05) is 11.8 Å². The van der Waals surface area contributed by atoms with Crippen LogP contribution in [-0.2, 0) is 21.3 Å². The van der Waals surface area contributed by atoms with Crippen LogP contribution in [-0.4, -0.2) is 27.4 Å². The fourth-order valence-corrected chi connectivity index (χ4v) is 3.89. The summed E-state index contributed by atoms with van der Waals surface area (Å²) in [6.45, 7) is 0.145. The van der Waals surface area contributed by atoms with Crippen molar-refractivity contribution >= 4 is 39.2 Å². The number of sulfonamides is 1. The number of anilines is 1. The Bertz CT molecular complexity index is 1180. The number of carbonyl (C=O) groups is 2. The number of ether oxygens (including phenoxy) is 1. The van der Waals surface area contributed by atoms with Crippen molar-refractivity contribution in [1.29, 1.82) is 0 Å². The molecule has 0 bridgehead atoms. The van der Waals surface area contributed by atoms with Crippen LogP contribution in [0.25, 0.3) is 0 Å². The molecule has 8 nitrogen and oxygen atoms in total. The molecule has 0 spiro atoms. The first-order chi connectivity index (χ1) is 14.3. The largest absolute Gasteiger partial charge is 0.467 e. The third kappa shape index (κ3) is 4.81. The molecular formula is C20H17ClN2O6S. The SMILES string of the molecule is COC(=O)c1cc(S(=O)(=O)Nc2ccccc2C(=O)NCc2ccco2)ccc1Cl. The average Bonchev–Trinajstić information content (AvgIpc) is 3.25. The van der Waals surface area contributed by atoms with E-state index < -0.39 is 21.9 Å². The van der Waals surface area contributed by atoms with E-state index in [1.54, 1.807) is 24.3 Å². The van der Waals surface area contributed by atoms with Crippen LogP contribution in [0, 0.1) is 0 Å². The van der Waals surface area contributed by atoms with Crippen molar-refractivity contribution in [3.8, 4) is 0 Å². The number of rotatable bonds is 7. The lowest BCUT2D eigenvalue weighted by molar-refractivity contribution is 0.0600. The summed E-state index contributed by atoms with van der Waals surface area (Å²) in [7, 11) is -2.96. The van der Waals surface area contributed by atoms with Gasteiger partial charge in [0.1, 0.15) is 5.76 Å². The van der Waals surface area contributed by atoms with Gasteiger partial charge in [-0.15, -0.1) is 0 Å². The lowest BCUT2D eigenvalue weighted by Crippen LogP contribution is -2.24. The molecule has 10 heteroatoms. The maximum Gasteiger partial charge on any atom is 0.339 e. The fraction of sp³-hybridized carbons (Fsp3) is 0.100. The van der Waals surface area contributed by atoms with E-state index in [1.807, 2.05) is 0 Å². The van der Waals surface area contributed by atoms with Gasteiger partial charge in [0.15, 0.2) is 0 Å². The van der Waals surface area contributed by atoms with Gasteiger partial charge in [0.2, 0.25) is 0 Å². The van der Waals surface area contributed by atoms with Gasteiger partial charge in [-0.05, 0) is 42.5 Å². The Morgan fingerprint density at radius 1 is 1.07 bits per heavy atom. The van der Waals surface area contributed by atoms with Gasteiger partial charge in [-0.1, -0.05) is 23.7 Å². The quantitative estimate of drug-likeness (QED) is 0.535. The van der Waals surface area contributed by atoms with Gasteiger partial charge in [-0.2, -0.15) is 0 Å². The second-order valence-corrected chi connectivity index (χ2v) is 8.14. The lowest BCUT2D eigenvalue weighted by atomic mass is 10.1. The molecule has 0 unspecified atom stereocenters. The van der Waals surface area contributed by atoms with Crippen molar-refractivity contribution in [2.45, 2.75) is 11.4 Å². The molecule has 2 aromatic carbocycles. The Kier molecular flexibility index (Phi) is 6.43. The number of halogens is 1. The number of nitrogens with one attached hydrogen (secondary N) is 2. The van der Waals surface area contributed by atoms with Gasteiger partial charge in [0, 0.05) is 0 Å². The Balaban J connectivity index is 1.85. The fourth-order valence-electron chi connectivity index (χ4n) is 2.59. The third-order valence-electron chi connectivity index (χ3n) is 4.07. The minimum atomic E-state index is -4.12. The summed E-state index contributed by atoms with van der Waals surface area (Å²) in [4.78, 5) is 24.1. The first kappa shape index (κ1) is 21.4. The molecule has 0 aliphatic carbocycles. The summed E-state index contributed by atoms with van der Waals surface area (Å²) in [6.07, 6.45) is 1.48. The predicted molar refractivity (Wildman–Crippen MR) is 110 cm³/mol. The minimum absolute atomic E-state index is 0.0542. The van der Waals surface area contributed by atoms with Crippen molar-refractivity contribution in [3.63, 3.8) is 0 Å². The number of hydrogen-bond acceptors (Lipinski definition) is 6. The van der Waals surface area contributed by atoms with E-state index in [0.717, 1.165) is 13.2 Å². The Labute approximate surface area is 177 Å². The standard InChI is InChI=1S/C20H17ClN2O6S/c1-28-20(25)16-11-14(8-9-17(16)21)30(26,27)23-18-7-3-2-6-15(18)19(24)22-12-13-5-4-10-29-13/h2-11,23H,12H2,1H3,(H,22,24). The molecule has 30 heavy (non-hydrogen) atoms. The molecule has 0 fully saturated rings. The molecule has 1 aromatic heterocycles. The van der Waals surface area contributed by atoms with E-state index in [4.69, 9.17) is 16.0 Å². The van der Waals surface area contributed by atoms with Crippen molar-refractivity contribution in [3.05, 3.63) is 82.8 Å². The second-order valence-electron chi connectivity index (χ2n) is 6.05. The zero-order chi connectivity index (χ0) is 21.7. The number of esters is 1. The van der Waals surface area contributed by atoms with Crippen LogP contribution < -0.4 is 10.0 Å². The summed E-state index contributed by atoms with van der Waals surface area (Å²) in [6, 6.07) is 13.2. The summed E-state index contributed by atoms with van der Waals surface area (Å²) < 4.78 is 37.8. The summed E-state index contributed by atoms with van der Waals surface area (Å²) >= 11 is 5.95. The van der Waals surface area contributed by atoms with E-state index in [0.29, 0.717) is 5.76 Å². The van der Waals surface area contributed by atoms with Crippen molar-refractivity contribution in [1.82, 2.24) is 5.32 Å². The molecule has 0 aliphatic heterocycles. The zero-order valence-electron chi connectivity index (χ0n) is 15.7. The highest BCUT2D eigenvalue weighted by molar-refractivity contribution is 7.92. The molecular weight excluding hydrogens is 432 g/mol. The Morgan fingerprint density at radius 3 is 2.53 bits per heavy atom. The van der Waals surface area contributed by atoms with E-state index in [2.05, 4.69) is 14.8 Å². The van der Waals surface area contributed by atoms with Gasteiger partial charge in [0.05, 0.1) is 46.7 Å². The molecule has 0 saturated heterocycles. The number of methoxy groups -OCH3 is 1. The van der Waals surface area contributed by atoms with E-state index >= 15 is 0 Å². The second kappa shape index (κ2) is 9.02. The normalized spacial score (nSPS) is 11.0. The third-order valence-corrected chi connectivity index (χ3v) is 5.77. The van der Waals surface area contributed by atoms with Gasteiger partial charge in [-0.25, -0.2) is 13.2 Å². The smallest absolute Gasteiger partial charge is 0.339 e. The molecule has 3 aromatic rings. The molecule has 0 saturated carbocycles. The van der Waals surface area contributed by atoms with Crippen LogP contribution >= 0.6 is 11.6 Å². The number of furan rings is 1. The molecule has 0 atom stereocenters. The number of para-hydroxylation sites is 1. The zero-order valence-corrected chi connectivity index (χ0v) is 17.3. The number of amides is 1. The Hall–Kier alpha value is -3.30. The number of hydrogen-bond donors (Lipinski definition) is 2. The van der Waals surface area contributed by atoms with Crippen LogP contribution in [0.2, 0.25) is 5.02 Å². The average molecular weight is 449 g/mol. The van der Waals surface area contributed by atoms with Crippen LogP contribution in [0.5, 0.6) is 0 Å². The first-order valence-corrected chi connectivity index (χ1v) is 10.5. The van der Waals surface area contributed by atoms with Crippen LogP contribution in [0.1, 0.15) is 26.5 Å². The highest BCUT2D eigenvalue weighted by Gasteiger charge is 2.21. The Morgan fingerprint density at radius 2 is 1.83 bits per heavy atom. The highest BCUT2D eigenvalue weighted by atomic mass is 35.5. The number of carbonyl (C=O) groups excluding carboxylic acids is 2. The van der Waals surface area contributed by atoms with Crippen LogP contribution in [0.15, 0.2) is 70.2 Å². The maximum absolute atomic E-state index is 12.8.